The molecule has 0 aliphatic rings. The molecule has 0 unspecified atom stereocenters. The van der Waals surface area contributed by atoms with Crippen LogP contribution >= 0.6 is 0 Å². The molecule has 0 heterocycles. The number of para-hydroxylation sites is 2. The molecule has 7 aromatic carbocycles. The van der Waals surface area contributed by atoms with E-state index < -0.39 is 0 Å². The Kier molecular flexibility index (Phi) is 10.7. The standard InChI is InChI=1S/C52H48N2/c1-37-17-27-51(35-39(37)3)53(47-13-9-7-10-14-47)49-29-21-43(22-30-49)19-25-45-33-42(6)46(34-41(45)5)26-20-44-23-31-50(32-24-44)54(48-15-11-8-12-16-48)52-28-18-38(2)40(4)36-52/h7-36H,1-6H3. The third kappa shape index (κ3) is 8.14. The molecule has 54 heavy (non-hydrogen) atoms. The van der Waals surface area contributed by atoms with Crippen LogP contribution in [0.3, 0.4) is 0 Å². The molecular weight excluding hydrogens is 653 g/mol. The minimum absolute atomic E-state index is 1.13. The zero-order valence-corrected chi connectivity index (χ0v) is 32.2. The van der Waals surface area contributed by atoms with Crippen molar-refractivity contribution in [1.82, 2.24) is 0 Å². The number of rotatable bonds is 10. The minimum atomic E-state index is 1.13. The first-order chi connectivity index (χ1) is 26.2. The molecule has 0 bridgehead atoms. The van der Waals surface area contributed by atoms with Gasteiger partial charge in [-0.05, 0) is 170 Å². The van der Waals surface area contributed by atoms with Gasteiger partial charge in [0.15, 0.2) is 0 Å². The van der Waals surface area contributed by atoms with Gasteiger partial charge in [-0.2, -0.15) is 0 Å². The van der Waals surface area contributed by atoms with E-state index in [9.17, 15) is 0 Å². The van der Waals surface area contributed by atoms with Gasteiger partial charge in [-0.25, -0.2) is 0 Å². The van der Waals surface area contributed by atoms with E-state index in [2.05, 4.69) is 233 Å². The molecule has 0 aromatic heterocycles. The first kappa shape index (κ1) is 36.0. The lowest BCUT2D eigenvalue weighted by atomic mass is 9.98. The maximum absolute atomic E-state index is 2.32. The Bertz CT molecular complexity index is 2250. The van der Waals surface area contributed by atoms with Gasteiger partial charge in [0.2, 0.25) is 0 Å². The van der Waals surface area contributed by atoms with Crippen LogP contribution in [0.15, 0.2) is 158 Å². The number of aryl methyl sites for hydroxylation is 6. The maximum Gasteiger partial charge on any atom is 0.0464 e. The summed E-state index contributed by atoms with van der Waals surface area (Å²) in [5.41, 5.74) is 19.3. The maximum atomic E-state index is 2.32. The predicted octanol–water partition coefficient (Wildman–Crippen LogP) is 14.8. The Morgan fingerprint density at radius 3 is 0.963 bits per heavy atom. The highest BCUT2D eigenvalue weighted by Gasteiger charge is 2.14. The van der Waals surface area contributed by atoms with Gasteiger partial charge in [-0.3, -0.25) is 0 Å². The van der Waals surface area contributed by atoms with Crippen molar-refractivity contribution in [2.24, 2.45) is 0 Å². The minimum Gasteiger partial charge on any atom is -0.310 e. The van der Waals surface area contributed by atoms with E-state index in [1.165, 1.54) is 55.6 Å². The summed E-state index contributed by atoms with van der Waals surface area (Å²) in [6, 6.07) is 56.7. The highest BCUT2D eigenvalue weighted by Crippen LogP contribution is 2.37. The van der Waals surface area contributed by atoms with Crippen molar-refractivity contribution in [3.8, 4) is 0 Å². The van der Waals surface area contributed by atoms with Crippen LogP contribution in [0.2, 0.25) is 0 Å². The van der Waals surface area contributed by atoms with E-state index in [4.69, 9.17) is 0 Å². The highest BCUT2D eigenvalue weighted by molar-refractivity contribution is 5.81. The smallest absolute Gasteiger partial charge is 0.0464 e. The Hall–Kier alpha value is -6.38. The van der Waals surface area contributed by atoms with Crippen molar-refractivity contribution in [3.05, 3.63) is 213 Å². The zero-order valence-electron chi connectivity index (χ0n) is 32.2. The first-order valence-electron chi connectivity index (χ1n) is 18.8. The van der Waals surface area contributed by atoms with E-state index in [-0.39, 0.29) is 0 Å². The largest absolute Gasteiger partial charge is 0.310 e. The summed E-state index contributed by atoms with van der Waals surface area (Å²) in [6.45, 7) is 13.1. The average Bonchev–Trinajstić information content (AvgIpc) is 3.19. The summed E-state index contributed by atoms with van der Waals surface area (Å²) >= 11 is 0. The van der Waals surface area contributed by atoms with Gasteiger partial charge in [0.05, 0.1) is 0 Å². The normalized spacial score (nSPS) is 11.4. The van der Waals surface area contributed by atoms with Crippen molar-refractivity contribution >= 4 is 58.4 Å². The molecule has 0 saturated heterocycles. The predicted molar refractivity (Wildman–Crippen MR) is 235 cm³/mol. The van der Waals surface area contributed by atoms with Crippen LogP contribution in [0.4, 0.5) is 34.1 Å². The summed E-state index contributed by atoms with van der Waals surface area (Å²) in [5, 5.41) is 0. The van der Waals surface area contributed by atoms with Crippen molar-refractivity contribution in [2.75, 3.05) is 9.80 Å². The molecule has 0 aliphatic carbocycles. The van der Waals surface area contributed by atoms with Gasteiger partial charge in [0.25, 0.3) is 0 Å². The second-order valence-corrected chi connectivity index (χ2v) is 14.3. The van der Waals surface area contributed by atoms with Crippen molar-refractivity contribution in [1.29, 1.82) is 0 Å². The van der Waals surface area contributed by atoms with Gasteiger partial charge >= 0.3 is 0 Å². The molecule has 0 spiro atoms. The summed E-state index contributed by atoms with van der Waals surface area (Å²) in [6.07, 6.45) is 8.89. The average molecular weight is 701 g/mol. The number of anilines is 6. The fraction of sp³-hybridized carbons (Fsp3) is 0.115. The van der Waals surface area contributed by atoms with E-state index in [0.717, 1.165) is 34.1 Å². The lowest BCUT2D eigenvalue weighted by Gasteiger charge is -2.26. The summed E-state index contributed by atoms with van der Waals surface area (Å²) in [5.74, 6) is 0. The molecule has 0 atom stereocenters. The van der Waals surface area contributed by atoms with Gasteiger partial charge in [0.1, 0.15) is 0 Å². The molecule has 2 heteroatoms. The lowest BCUT2D eigenvalue weighted by molar-refractivity contribution is 1.25. The van der Waals surface area contributed by atoms with Crippen LogP contribution < -0.4 is 9.80 Å². The molecule has 0 fully saturated rings. The van der Waals surface area contributed by atoms with E-state index in [1.54, 1.807) is 0 Å². The quantitative estimate of drug-likeness (QED) is 0.131. The Labute approximate surface area is 322 Å². The number of hydrogen-bond donors (Lipinski definition) is 0. The molecule has 0 aliphatic heterocycles. The third-order valence-electron chi connectivity index (χ3n) is 10.4. The highest BCUT2D eigenvalue weighted by atomic mass is 15.1. The van der Waals surface area contributed by atoms with E-state index in [0.29, 0.717) is 0 Å². The zero-order chi connectivity index (χ0) is 37.6. The SMILES string of the molecule is Cc1ccc(N(c2ccccc2)c2ccc(C=Cc3cc(C)c(C=Cc4ccc(N(c5ccccc5)c5ccc(C)c(C)c5)cc4)cc3C)cc2)cc1C. The van der Waals surface area contributed by atoms with Crippen LogP contribution in [-0.4, -0.2) is 0 Å². The van der Waals surface area contributed by atoms with E-state index in [1.807, 2.05) is 0 Å². The van der Waals surface area contributed by atoms with Gasteiger partial charge < -0.3 is 9.80 Å². The molecular formula is C52H48N2. The molecule has 0 radical (unpaired) electrons. The van der Waals surface area contributed by atoms with Crippen molar-refractivity contribution < 1.29 is 0 Å². The Morgan fingerprint density at radius 1 is 0.278 bits per heavy atom. The second kappa shape index (κ2) is 16.1. The molecule has 0 N–H and O–H groups in total. The molecule has 266 valence electrons. The fourth-order valence-corrected chi connectivity index (χ4v) is 6.84. The lowest BCUT2D eigenvalue weighted by Crippen LogP contribution is -2.10. The van der Waals surface area contributed by atoms with Gasteiger partial charge in [0, 0.05) is 34.1 Å². The molecule has 0 amide bonds. The fourth-order valence-electron chi connectivity index (χ4n) is 6.84. The summed E-state index contributed by atoms with van der Waals surface area (Å²) in [7, 11) is 0. The number of benzene rings is 7. The topological polar surface area (TPSA) is 6.48 Å². The molecule has 7 aromatic rings. The van der Waals surface area contributed by atoms with Crippen LogP contribution in [0.1, 0.15) is 55.6 Å². The summed E-state index contributed by atoms with van der Waals surface area (Å²) in [4.78, 5) is 4.64. The second-order valence-electron chi connectivity index (χ2n) is 14.3. The molecule has 7 rings (SSSR count). The van der Waals surface area contributed by atoms with Gasteiger partial charge in [-0.1, -0.05) is 109 Å². The first-order valence-corrected chi connectivity index (χ1v) is 18.8. The van der Waals surface area contributed by atoms with Crippen LogP contribution in [-0.2, 0) is 0 Å². The Morgan fingerprint density at radius 2 is 0.611 bits per heavy atom. The monoisotopic (exact) mass is 700 g/mol. The van der Waals surface area contributed by atoms with Gasteiger partial charge in [-0.15, -0.1) is 0 Å². The van der Waals surface area contributed by atoms with Crippen LogP contribution in [0.25, 0.3) is 24.3 Å². The number of nitrogens with zero attached hydrogens (tertiary/aromatic N) is 2. The van der Waals surface area contributed by atoms with Crippen LogP contribution in [0, 0.1) is 41.5 Å². The van der Waals surface area contributed by atoms with Crippen LogP contribution in [0.5, 0.6) is 0 Å². The molecule has 2 nitrogen and oxygen atoms in total. The Balaban J connectivity index is 1.07. The third-order valence-corrected chi connectivity index (χ3v) is 10.4. The molecule has 0 saturated carbocycles. The van der Waals surface area contributed by atoms with Crippen molar-refractivity contribution in [3.63, 3.8) is 0 Å². The summed E-state index contributed by atoms with van der Waals surface area (Å²) < 4.78 is 0. The number of hydrogen-bond acceptors (Lipinski definition) is 2. The van der Waals surface area contributed by atoms with E-state index >= 15 is 0 Å². The van der Waals surface area contributed by atoms with Crippen molar-refractivity contribution in [2.45, 2.75) is 41.5 Å².